The van der Waals surface area contributed by atoms with Crippen molar-refractivity contribution in [3.05, 3.63) is 21.9 Å². The highest BCUT2D eigenvalue weighted by Crippen LogP contribution is 2.18. The quantitative estimate of drug-likeness (QED) is 0.832. The van der Waals surface area contributed by atoms with Crippen molar-refractivity contribution in [1.29, 1.82) is 0 Å². The van der Waals surface area contributed by atoms with Crippen LogP contribution >= 0.6 is 23.7 Å². The van der Waals surface area contributed by atoms with E-state index in [1.54, 1.807) is 0 Å². The van der Waals surface area contributed by atoms with E-state index < -0.39 is 6.04 Å². The Morgan fingerprint density at radius 1 is 1.38 bits per heavy atom. The number of carbonyl (C=O) groups excluding carboxylic acids is 2. The minimum atomic E-state index is -0.416. The normalized spacial score (nSPS) is 17.8. The van der Waals surface area contributed by atoms with Crippen LogP contribution in [-0.4, -0.2) is 41.9 Å². The van der Waals surface area contributed by atoms with Gasteiger partial charge in [0.15, 0.2) is 0 Å². The molecule has 2 unspecified atom stereocenters. The lowest BCUT2D eigenvalue weighted by Gasteiger charge is -2.34. The smallest absolute Gasteiger partial charge is 0.261 e. The summed E-state index contributed by atoms with van der Waals surface area (Å²) >= 11 is 1.51. The van der Waals surface area contributed by atoms with E-state index in [9.17, 15) is 9.59 Å². The Hall–Kier alpha value is -1.11. The van der Waals surface area contributed by atoms with Crippen molar-refractivity contribution in [2.45, 2.75) is 52.1 Å². The molecule has 2 heterocycles. The van der Waals surface area contributed by atoms with Gasteiger partial charge < -0.3 is 16.0 Å². The summed E-state index contributed by atoms with van der Waals surface area (Å²) in [6, 6.07) is 3.53. The van der Waals surface area contributed by atoms with Crippen LogP contribution in [0.5, 0.6) is 0 Å². The maximum absolute atomic E-state index is 12.4. The number of halogens is 1. The zero-order valence-corrected chi connectivity index (χ0v) is 16.2. The number of amides is 2. The number of nitrogens with two attached hydrogens (primary N) is 1. The SMILES string of the molecule is CCC(C)C(N)C(=O)N1CCC(NC(=O)c2ccc(C)s2)CC1.Cl. The topological polar surface area (TPSA) is 75.4 Å². The molecule has 0 radical (unpaired) electrons. The van der Waals surface area contributed by atoms with Crippen LogP contribution in [0, 0.1) is 12.8 Å². The third-order valence-corrected chi connectivity index (χ3v) is 5.65. The summed E-state index contributed by atoms with van der Waals surface area (Å²) in [4.78, 5) is 28.3. The molecule has 2 rings (SSSR count). The highest BCUT2D eigenvalue weighted by atomic mass is 35.5. The summed E-state index contributed by atoms with van der Waals surface area (Å²) < 4.78 is 0. The van der Waals surface area contributed by atoms with Crippen molar-refractivity contribution in [3.63, 3.8) is 0 Å². The zero-order valence-electron chi connectivity index (χ0n) is 14.6. The number of rotatable bonds is 5. The monoisotopic (exact) mass is 373 g/mol. The maximum Gasteiger partial charge on any atom is 0.261 e. The number of hydrogen-bond donors (Lipinski definition) is 2. The van der Waals surface area contributed by atoms with E-state index in [0.29, 0.717) is 13.1 Å². The van der Waals surface area contributed by atoms with Crippen molar-refractivity contribution in [1.82, 2.24) is 10.2 Å². The van der Waals surface area contributed by atoms with Crippen molar-refractivity contribution in [2.75, 3.05) is 13.1 Å². The number of nitrogens with zero attached hydrogens (tertiary/aromatic N) is 1. The fraction of sp³-hybridized carbons (Fsp3) is 0.647. The van der Waals surface area contributed by atoms with Crippen molar-refractivity contribution < 1.29 is 9.59 Å². The van der Waals surface area contributed by atoms with Crippen LogP contribution in [-0.2, 0) is 4.79 Å². The molecule has 0 aromatic carbocycles. The maximum atomic E-state index is 12.4. The van der Waals surface area contributed by atoms with Crippen molar-refractivity contribution in [2.24, 2.45) is 11.7 Å². The molecule has 2 amide bonds. The summed E-state index contributed by atoms with van der Waals surface area (Å²) in [5.74, 6) is 0.226. The third kappa shape index (κ3) is 5.19. The Bertz CT molecular complexity index is 556. The van der Waals surface area contributed by atoms with Gasteiger partial charge in [-0.2, -0.15) is 0 Å². The number of hydrogen-bond acceptors (Lipinski definition) is 4. The lowest BCUT2D eigenvalue weighted by atomic mass is 9.97. The van der Waals surface area contributed by atoms with Crippen LogP contribution in [0.1, 0.15) is 47.7 Å². The molecule has 5 nitrogen and oxygen atoms in total. The van der Waals surface area contributed by atoms with Crippen LogP contribution in [0.15, 0.2) is 12.1 Å². The van der Waals surface area contributed by atoms with E-state index in [4.69, 9.17) is 5.73 Å². The van der Waals surface area contributed by atoms with E-state index in [1.165, 1.54) is 11.3 Å². The van der Waals surface area contributed by atoms with Gasteiger partial charge in [-0.05, 0) is 37.8 Å². The first kappa shape index (κ1) is 20.9. The molecular formula is C17H28ClN3O2S. The molecular weight excluding hydrogens is 346 g/mol. The Balaban J connectivity index is 0.00000288. The predicted octanol–water partition coefficient (Wildman–Crippen LogP) is 2.57. The van der Waals surface area contributed by atoms with E-state index >= 15 is 0 Å². The standard InChI is InChI=1S/C17H27N3O2S.ClH/c1-4-11(2)15(18)17(22)20-9-7-13(8-10-20)19-16(21)14-6-5-12(3)23-14;/h5-6,11,13,15H,4,7-10,18H2,1-3H3,(H,19,21);1H. The highest BCUT2D eigenvalue weighted by molar-refractivity contribution is 7.13. The first-order valence-corrected chi connectivity index (χ1v) is 9.15. The number of thiophene rings is 1. The van der Waals surface area contributed by atoms with Crippen LogP contribution < -0.4 is 11.1 Å². The molecule has 3 N–H and O–H groups in total. The molecule has 1 aromatic rings. The molecule has 0 aliphatic carbocycles. The molecule has 0 saturated carbocycles. The van der Waals surface area contributed by atoms with E-state index in [-0.39, 0.29) is 36.2 Å². The minimum absolute atomic E-state index is 0. The molecule has 0 spiro atoms. The third-order valence-electron chi connectivity index (χ3n) is 4.65. The van der Waals surface area contributed by atoms with Crippen LogP contribution in [0.25, 0.3) is 0 Å². The zero-order chi connectivity index (χ0) is 17.0. The molecule has 1 aliphatic rings. The predicted molar refractivity (Wildman–Crippen MR) is 101 cm³/mol. The van der Waals surface area contributed by atoms with Gasteiger partial charge in [0, 0.05) is 24.0 Å². The number of aryl methyl sites for hydroxylation is 1. The lowest BCUT2D eigenvalue weighted by Crippen LogP contribution is -2.52. The van der Waals surface area contributed by atoms with Crippen LogP contribution in [0.4, 0.5) is 0 Å². The van der Waals surface area contributed by atoms with Gasteiger partial charge in [-0.25, -0.2) is 0 Å². The second kappa shape index (κ2) is 9.39. The molecule has 1 fully saturated rings. The largest absolute Gasteiger partial charge is 0.348 e. The van der Waals surface area contributed by atoms with Crippen LogP contribution in [0.3, 0.4) is 0 Å². The Morgan fingerprint density at radius 2 is 2.00 bits per heavy atom. The fourth-order valence-electron chi connectivity index (χ4n) is 2.77. The molecule has 2 atom stereocenters. The van der Waals surface area contributed by atoms with E-state index in [0.717, 1.165) is 29.0 Å². The molecule has 1 saturated heterocycles. The summed E-state index contributed by atoms with van der Waals surface area (Å²) in [6.07, 6.45) is 2.48. The number of nitrogens with one attached hydrogen (secondary N) is 1. The average molecular weight is 374 g/mol. The van der Waals surface area contributed by atoms with Gasteiger partial charge in [-0.3, -0.25) is 9.59 Å². The number of piperidine rings is 1. The van der Waals surface area contributed by atoms with E-state index in [2.05, 4.69) is 5.32 Å². The molecule has 136 valence electrons. The van der Waals surface area contributed by atoms with Crippen molar-refractivity contribution in [3.8, 4) is 0 Å². The van der Waals surface area contributed by atoms with Gasteiger partial charge in [0.1, 0.15) is 0 Å². The highest BCUT2D eigenvalue weighted by Gasteiger charge is 2.29. The second-order valence-corrected chi connectivity index (χ2v) is 7.68. The van der Waals surface area contributed by atoms with Crippen LogP contribution in [0.2, 0.25) is 0 Å². The average Bonchev–Trinajstić information content (AvgIpc) is 3.00. The molecule has 7 heteroatoms. The number of carbonyl (C=O) groups is 2. The summed E-state index contributed by atoms with van der Waals surface area (Å²) in [5.41, 5.74) is 6.04. The first-order valence-electron chi connectivity index (χ1n) is 8.34. The molecule has 1 aliphatic heterocycles. The minimum Gasteiger partial charge on any atom is -0.348 e. The fourth-order valence-corrected chi connectivity index (χ4v) is 3.54. The molecule has 1 aromatic heterocycles. The van der Waals surface area contributed by atoms with Gasteiger partial charge in [0.25, 0.3) is 5.91 Å². The lowest BCUT2D eigenvalue weighted by molar-refractivity contribution is -0.134. The Kier molecular flexibility index (Phi) is 8.19. The summed E-state index contributed by atoms with van der Waals surface area (Å²) in [6.45, 7) is 7.38. The van der Waals surface area contributed by atoms with E-state index in [1.807, 2.05) is 37.8 Å². The Labute approximate surface area is 154 Å². The molecule has 0 bridgehead atoms. The first-order chi connectivity index (χ1) is 10.9. The number of likely N-dealkylation sites (tertiary alicyclic amines) is 1. The summed E-state index contributed by atoms with van der Waals surface area (Å²) in [7, 11) is 0. The summed E-state index contributed by atoms with van der Waals surface area (Å²) in [5, 5.41) is 3.07. The van der Waals surface area contributed by atoms with Gasteiger partial charge in [0.05, 0.1) is 10.9 Å². The van der Waals surface area contributed by atoms with Gasteiger partial charge >= 0.3 is 0 Å². The van der Waals surface area contributed by atoms with Gasteiger partial charge in [-0.1, -0.05) is 20.3 Å². The molecule has 24 heavy (non-hydrogen) atoms. The Morgan fingerprint density at radius 3 is 2.50 bits per heavy atom. The van der Waals surface area contributed by atoms with Gasteiger partial charge in [-0.15, -0.1) is 23.7 Å². The second-order valence-electron chi connectivity index (χ2n) is 6.39. The van der Waals surface area contributed by atoms with Gasteiger partial charge in [0.2, 0.25) is 5.91 Å². The van der Waals surface area contributed by atoms with Crippen molar-refractivity contribution >= 4 is 35.6 Å².